The van der Waals surface area contributed by atoms with Crippen molar-refractivity contribution in [3.8, 4) is 0 Å². The SMILES string of the molecule is C[C@]12CC[C@H](O)[C@](C)(CO)[C@@H]1CC[C@@]1(C)C=C3CC[C@@H]4[C@](C)(CC[C@H](O)[C@]4(C)CO)[C@H]3CC[C@H]21. The van der Waals surface area contributed by atoms with Gasteiger partial charge in [-0.3, -0.25) is 0 Å². The van der Waals surface area contributed by atoms with E-state index in [1.165, 1.54) is 12.8 Å². The van der Waals surface area contributed by atoms with Gasteiger partial charge in [0.1, 0.15) is 0 Å². The molecule has 5 aliphatic carbocycles. The molecule has 4 N–H and O–H groups in total. The van der Waals surface area contributed by atoms with Gasteiger partial charge in [0.25, 0.3) is 0 Å². The van der Waals surface area contributed by atoms with Crippen LogP contribution in [0.4, 0.5) is 0 Å². The topological polar surface area (TPSA) is 80.9 Å². The third-order valence-corrected chi connectivity index (χ3v) is 13.1. The monoisotopic (exact) mass is 474 g/mol. The van der Waals surface area contributed by atoms with Gasteiger partial charge in [-0.2, -0.15) is 0 Å². The Labute approximate surface area is 207 Å². The number of allylic oxidation sites excluding steroid dienone is 2. The summed E-state index contributed by atoms with van der Waals surface area (Å²) in [5.41, 5.74) is 1.29. The van der Waals surface area contributed by atoms with Crippen LogP contribution in [0.1, 0.15) is 98.8 Å². The maximum absolute atomic E-state index is 10.9. The van der Waals surface area contributed by atoms with Crippen LogP contribution in [-0.2, 0) is 0 Å². The van der Waals surface area contributed by atoms with Crippen LogP contribution in [0.2, 0.25) is 0 Å². The van der Waals surface area contributed by atoms with Crippen molar-refractivity contribution in [3.63, 3.8) is 0 Å². The molecule has 4 nitrogen and oxygen atoms in total. The van der Waals surface area contributed by atoms with Crippen LogP contribution in [0.15, 0.2) is 11.6 Å². The summed E-state index contributed by atoms with van der Waals surface area (Å²) in [6.45, 7) is 11.9. The average molecular weight is 475 g/mol. The summed E-state index contributed by atoms with van der Waals surface area (Å²) in [7, 11) is 0. The fourth-order valence-corrected chi connectivity index (χ4v) is 11.0. The van der Waals surface area contributed by atoms with Gasteiger partial charge < -0.3 is 20.4 Å². The number of aliphatic hydroxyl groups excluding tert-OH is 4. The molecule has 4 saturated carbocycles. The van der Waals surface area contributed by atoms with Crippen molar-refractivity contribution >= 4 is 0 Å². The van der Waals surface area contributed by atoms with Crippen molar-refractivity contribution in [1.82, 2.24) is 0 Å². The Morgan fingerprint density at radius 3 is 1.82 bits per heavy atom. The van der Waals surface area contributed by atoms with E-state index in [1.54, 1.807) is 5.57 Å². The van der Waals surface area contributed by atoms with Crippen molar-refractivity contribution < 1.29 is 20.4 Å². The second kappa shape index (κ2) is 8.04. The number of fused-ring (bicyclic) bond motifs is 6. The number of hydrogen-bond acceptors (Lipinski definition) is 4. The van der Waals surface area contributed by atoms with Gasteiger partial charge in [-0.1, -0.05) is 46.3 Å². The Hall–Kier alpha value is -0.420. The highest BCUT2D eigenvalue weighted by Gasteiger charge is 2.63. The van der Waals surface area contributed by atoms with Gasteiger partial charge in [0.2, 0.25) is 0 Å². The van der Waals surface area contributed by atoms with E-state index in [9.17, 15) is 20.4 Å². The van der Waals surface area contributed by atoms with E-state index in [4.69, 9.17) is 0 Å². The molecule has 0 radical (unpaired) electrons. The molecular formula is C30H50O4. The Kier molecular flexibility index (Phi) is 5.97. The maximum atomic E-state index is 10.9. The molecule has 0 aromatic carbocycles. The number of rotatable bonds is 2. The summed E-state index contributed by atoms with van der Waals surface area (Å²) in [6, 6.07) is 0. The molecule has 4 fully saturated rings. The van der Waals surface area contributed by atoms with Crippen molar-refractivity contribution in [3.05, 3.63) is 11.6 Å². The zero-order valence-electron chi connectivity index (χ0n) is 22.3. The summed E-state index contributed by atoms with van der Waals surface area (Å²) in [5.74, 6) is 1.81. The lowest BCUT2D eigenvalue weighted by Crippen LogP contribution is -2.60. The molecule has 0 aromatic heterocycles. The lowest BCUT2D eigenvalue weighted by Gasteiger charge is -2.63. The summed E-state index contributed by atoms with van der Waals surface area (Å²) >= 11 is 0. The molecule has 34 heavy (non-hydrogen) atoms. The van der Waals surface area contributed by atoms with E-state index in [0.29, 0.717) is 23.7 Å². The summed E-state index contributed by atoms with van der Waals surface area (Å²) in [4.78, 5) is 0. The predicted molar refractivity (Wildman–Crippen MR) is 135 cm³/mol. The molecular weight excluding hydrogens is 424 g/mol. The Morgan fingerprint density at radius 2 is 1.24 bits per heavy atom. The molecule has 5 aliphatic rings. The molecule has 0 saturated heterocycles. The third kappa shape index (κ3) is 3.17. The highest BCUT2D eigenvalue weighted by Crippen LogP contribution is 2.69. The van der Waals surface area contributed by atoms with E-state index >= 15 is 0 Å². The zero-order chi connectivity index (χ0) is 24.7. The average Bonchev–Trinajstić information content (AvgIpc) is 2.96. The minimum atomic E-state index is -0.406. The number of hydrogen-bond donors (Lipinski definition) is 4. The van der Waals surface area contributed by atoms with Gasteiger partial charge >= 0.3 is 0 Å². The van der Waals surface area contributed by atoms with Crippen molar-refractivity contribution in [2.45, 2.75) is 111 Å². The second-order valence-electron chi connectivity index (χ2n) is 14.5. The quantitative estimate of drug-likeness (QED) is 0.421. The molecule has 0 bridgehead atoms. The standard InChI is InChI=1S/C30H50O4/c1-26-13-10-23-28(3,15-12-25(34)30(23,5)18-32)21(26)9-7-20-19(16-26)6-8-22-27(20,2)14-11-24(33)29(22,4)17-31/h16,20-25,31-34H,6-15,17-18H2,1-5H3/t20-,21-,22+,23+,24-,25-,26-,27+,28+,29+,30+/m0/s1. The van der Waals surface area contributed by atoms with Crippen molar-refractivity contribution in [2.24, 2.45) is 50.7 Å². The normalized spacial score (nSPS) is 57.4. The van der Waals surface area contributed by atoms with Gasteiger partial charge in [0, 0.05) is 10.8 Å². The molecule has 0 aliphatic heterocycles. The Morgan fingerprint density at radius 1 is 0.676 bits per heavy atom. The van der Waals surface area contributed by atoms with Crippen molar-refractivity contribution in [2.75, 3.05) is 13.2 Å². The smallest absolute Gasteiger partial charge is 0.0618 e. The van der Waals surface area contributed by atoms with Crippen LogP contribution in [0.5, 0.6) is 0 Å². The van der Waals surface area contributed by atoms with E-state index in [2.05, 4.69) is 40.7 Å². The third-order valence-electron chi connectivity index (χ3n) is 13.1. The highest BCUT2D eigenvalue weighted by atomic mass is 16.3. The molecule has 0 aromatic rings. The fourth-order valence-electron chi connectivity index (χ4n) is 11.0. The van der Waals surface area contributed by atoms with Crippen LogP contribution in [0.3, 0.4) is 0 Å². The number of aliphatic hydroxyl groups is 4. The Bertz CT molecular complexity index is 840. The first kappa shape index (κ1) is 25.2. The Balaban J connectivity index is 1.51. The van der Waals surface area contributed by atoms with Crippen LogP contribution >= 0.6 is 0 Å². The zero-order valence-corrected chi connectivity index (χ0v) is 22.3. The second-order valence-corrected chi connectivity index (χ2v) is 14.5. The van der Waals surface area contributed by atoms with E-state index in [1.807, 2.05) is 0 Å². The van der Waals surface area contributed by atoms with Crippen LogP contribution in [0.25, 0.3) is 0 Å². The molecule has 0 amide bonds. The molecule has 5 rings (SSSR count). The van der Waals surface area contributed by atoms with Crippen molar-refractivity contribution in [1.29, 1.82) is 0 Å². The first-order chi connectivity index (χ1) is 15.9. The minimum Gasteiger partial charge on any atom is -0.396 e. The molecule has 11 atom stereocenters. The van der Waals surface area contributed by atoms with Gasteiger partial charge in [-0.15, -0.1) is 0 Å². The predicted octanol–water partition coefficient (Wildman–Crippen LogP) is 5.08. The molecule has 0 unspecified atom stereocenters. The highest BCUT2D eigenvalue weighted by molar-refractivity contribution is 5.26. The van der Waals surface area contributed by atoms with Gasteiger partial charge in [0.05, 0.1) is 25.4 Å². The fraction of sp³-hybridized carbons (Fsp3) is 0.933. The summed E-state index contributed by atoms with van der Waals surface area (Å²) in [6.07, 6.45) is 12.4. The molecule has 194 valence electrons. The summed E-state index contributed by atoms with van der Waals surface area (Å²) < 4.78 is 0. The molecule has 4 heteroatoms. The first-order valence-corrected chi connectivity index (χ1v) is 14.2. The van der Waals surface area contributed by atoms with E-state index < -0.39 is 23.0 Å². The summed E-state index contributed by atoms with van der Waals surface area (Å²) in [5, 5.41) is 42.6. The van der Waals surface area contributed by atoms with Crippen LogP contribution < -0.4 is 0 Å². The molecule has 0 heterocycles. The lowest BCUT2D eigenvalue weighted by molar-refractivity contribution is -0.183. The molecule has 0 spiro atoms. The van der Waals surface area contributed by atoms with E-state index in [-0.39, 0.29) is 29.5 Å². The first-order valence-electron chi connectivity index (χ1n) is 14.2. The van der Waals surface area contributed by atoms with Gasteiger partial charge in [-0.25, -0.2) is 0 Å². The largest absolute Gasteiger partial charge is 0.396 e. The van der Waals surface area contributed by atoms with Gasteiger partial charge in [0.15, 0.2) is 0 Å². The van der Waals surface area contributed by atoms with Crippen LogP contribution in [0, 0.1) is 50.7 Å². The minimum absolute atomic E-state index is 0.0718. The van der Waals surface area contributed by atoms with Crippen LogP contribution in [-0.4, -0.2) is 45.8 Å². The van der Waals surface area contributed by atoms with E-state index in [0.717, 1.165) is 51.4 Å². The maximum Gasteiger partial charge on any atom is 0.0618 e. The lowest BCUT2D eigenvalue weighted by atomic mass is 9.42. The van der Waals surface area contributed by atoms with Gasteiger partial charge in [-0.05, 0) is 104 Å².